The van der Waals surface area contributed by atoms with Crippen LogP contribution in [0.5, 0.6) is 0 Å². The second kappa shape index (κ2) is 17.7. The molecule has 0 aromatic carbocycles. The topological polar surface area (TPSA) is 282 Å². The van der Waals surface area contributed by atoms with Gasteiger partial charge in [-0.1, -0.05) is 53.2 Å². The predicted molar refractivity (Wildman–Crippen MR) is 207 cm³/mol. The third kappa shape index (κ3) is 8.08. The Hall–Kier alpha value is -0.360. The van der Waals surface area contributed by atoms with Crippen molar-refractivity contribution >= 4 is 16.4 Å². The van der Waals surface area contributed by atoms with Gasteiger partial charge in [0.1, 0.15) is 48.8 Å². The van der Waals surface area contributed by atoms with Gasteiger partial charge in [-0.25, -0.2) is 8.42 Å². The summed E-state index contributed by atoms with van der Waals surface area (Å²) in [5.41, 5.74) is -1.65. The summed E-state index contributed by atoms with van der Waals surface area (Å²) in [6, 6.07) is 0. The van der Waals surface area contributed by atoms with E-state index in [2.05, 4.69) is 40.7 Å². The number of fused-ring (bicyclic) bond motifs is 7. The molecule has 21 atom stereocenters. The van der Waals surface area contributed by atoms with Crippen LogP contribution in [0.3, 0.4) is 0 Å². The molecular formula is C42H67NaO17S. The number of carbonyl (C=O) groups is 1. The average molecular weight is 899 g/mol. The van der Waals surface area contributed by atoms with Gasteiger partial charge < -0.3 is 64.4 Å². The minimum Gasteiger partial charge on any atom is -0.726 e. The zero-order chi connectivity index (χ0) is 44.1. The molecule has 0 radical (unpaired) electrons. The number of aliphatic hydroxyl groups is 8. The first-order valence-corrected chi connectivity index (χ1v) is 23.0. The number of hydrogen-bond donors (Lipinski definition) is 8. The Bertz CT molecular complexity index is 1750. The summed E-state index contributed by atoms with van der Waals surface area (Å²) in [4.78, 5) is 14.9. The minimum absolute atomic E-state index is 0. The maximum atomic E-state index is 14.9. The van der Waals surface area contributed by atoms with Crippen LogP contribution >= 0.6 is 0 Å². The number of hydrogen-bond acceptors (Lipinski definition) is 17. The molecule has 7 rings (SSSR count). The standard InChI is InChI=1S/C42H68O17S.Na/c1-20-9-14-42(37(51)59-36-34(50)32(48)30(46)24(58-36)18-55-35-33(49)31(47)29(45)23(17-43)57-35)16-15-40(5)22(28(42)21(20)2)7-8-26-38(3)12-11-27(44)39(4,19-56-60(52,53)54)25(38)10-13-41(26,40)6;/h7,20-21,23-36,43-50H,8-19H2,1-6H3,(H,52,53,54);/q;+1/p-1/t20-,21+,23-,24-,25?,26?,27+,28+,29-,30-,31+,32+,33-,34-,35-,36+,38+,39+,40?,41-,42+;/m1./s1. The van der Waals surface area contributed by atoms with Gasteiger partial charge in [-0.3, -0.25) is 8.98 Å². The summed E-state index contributed by atoms with van der Waals surface area (Å²) >= 11 is 0. The molecule has 0 aromatic rings. The van der Waals surface area contributed by atoms with Crippen LogP contribution in [0.4, 0.5) is 0 Å². The molecule has 61 heavy (non-hydrogen) atoms. The second-order valence-electron chi connectivity index (χ2n) is 20.5. The van der Waals surface area contributed by atoms with E-state index >= 15 is 0 Å². The number of allylic oxidation sites excluding steroid dienone is 2. The first kappa shape index (κ1) is 50.1. The van der Waals surface area contributed by atoms with Gasteiger partial charge in [-0.05, 0) is 104 Å². The van der Waals surface area contributed by atoms with Crippen LogP contribution in [0.1, 0.15) is 99.3 Å². The van der Waals surface area contributed by atoms with Crippen molar-refractivity contribution in [3.63, 3.8) is 0 Å². The number of carbonyl (C=O) groups excluding carboxylic acids is 1. The van der Waals surface area contributed by atoms with Crippen molar-refractivity contribution in [1.29, 1.82) is 0 Å². The molecular weight excluding hydrogens is 832 g/mol. The van der Waals surface area contributed by atoms with Crippen molar-refractivity contribution < 1.29 is 111 Å². The second-order valence-corrected chi connectivity index (χ2v) is 21.5. The summed E-state index contributed by atoms with van der Waals surface area (Å²) in [5.74, 6) is -0.443. The molecule has 0 spiro atoms. The Morgan fingerprint density at radius 2 is 1.43 bits per heavy atom. The zero-order valence-corrected chi connectivity index (χ0v) is 39.3. The Labute approximate surface area is 380 Å². The molecule has 6 fully saturated rings. The first-order valence-electron chi connectivity index (χ1n) is 21.7. The van der Waals surface area contributed by atoms with Gasteiger partial charge in [0.05, 0.1) is 31.3 Å². The van der Waals surface area contributed by atoms with Crippen LogP contribution in [0.25, 0.3) is 0 Å². The molecule has 344 valence electrons. The van der Waals surface area contributed by atoms with Crippen LogP contribution in [-0.2, 0) is 38.3 Å². The Morgan fingerprint density at radius 3 is 2.07 bits per heavy atom. The number of rotatable bonds is 9. The van der Waals surface area contributed by atoms with Gasteiger partial charge in [0.15, 0.2) is 6.29 Å². The van der Waals surface area contributed by atoms with Crippen LogP contribution in [-0.4, -0.2) is 147 Å². The SMILES string of the molecule is C[C@H]1[C@H](C)CC[C@]2(C(=O)O[C@@H]3O[C@H](CO[C@@H]4O[C@H](CO)[C@@H](O)[C@H](O)[C@H]4O)[C@@H](O)[C@H](O)[C@H]3O)CCC3(C)C(=CCC4[C@@]5(C)CC[C@H](O)[C@@](C)(COS(=O)(=O)[O-])C5CC[C@]43C)[C@H]12.[Na+]. The molecule has 5 aliphatic carbocycles. The number of aliphatic hydroxyl groups excluding tert-OH is 8. The Balaban J connectivity index is 0.00000622. The molecule has 4 saturated carbocycles. The molecule has 7 aliphatic rings. The van der Waals surface area contributed by atoms with Crippen molar-refractivity contribution in [3.05, 3.63) is 11.6 Å². The average Bonchev–Trinajstić information content (AvgIpc) is 3.19. The van der Waals surface area contributed by atoms with E-state index in [1.54, 1.807) is 0 Å². The van der Waals surface area contributed by atoms with Gasteiger partial charge in [-0.2, -0.15) is 0 Å². The molecule has 2 saturated heterocycles. The van der Waals surface area contributed by atoms with Crippen molar-refractivity contribution in [1.82, 2.24) is 0 Å². The van der Waals surface area contributed by atoms with Crippen molar-refractivity contribution in [2.45, 2.75) is 167 Å². The summed E-state index contributed by atoms with van der Waals surface area (Å²) in [7, 11) is -4.97. The third-order valence-electron chi connectivity index (χ3n) is 17.9. The first-order chi connectivity index (χ1) is 27.9. The molecule has 0 amide bonds. The van der Waals surface area contributed by atoms with Gasteiger partial charge in [0, 0.05) is 5.41 Å². The molecule has 3 unspecified atom stereocenters. The fourth-order valence-corrected chi connectivity index (χ4v) is 14.2. The summed E-state index contributed by atoms with van der Waals surface area (Å²) in [6.45, 7) is 11.5. The van der Waals surface area contributed by atoms with Crippen LogP contribution in [0.2, 0.25) is 0 Å². The number of ether oxygens (including phenoxy) is 4. The van der Waals surface area contributed by atoms with Gasteiger partial charge in [0.2, 0.25) is 16.7 Å². The molecule has 17 nitrogen and oxygen atoms in total. The van der Waals surface area contributed by atoms with E-state index in [1.807, 2.05) is 6.92 Å². The monoisotopic (exact) mass is 898 g/mol. The van der Waals surface area contributed by atoms with E-state index in [0.29, 0.717) is 38.5 Å². The predicted octanol–water partition coefficient (Wildman–Crippen LogP) is -2.37. The Kier molecular flexibility index (Phi) is 14.5. The van der Waals surface area contributed by atoms with E-state index in [4.69, 9.17) is 23.1 Å². The third-order valence-corrected chi connectivity index (χ3v) is 18.3. The Morgan fingerprint density at radius 1 is 0.803 bits per heavy atom. The van der Waals surface area contributed by atoms with Crippen LogP contribution in [0.15, 0.2) is 11.6 Å². The van der Waals surface area contributed by atoms with Crippen LogP contribution in [0, 0.1) is 56.7 Å². The molecule has 8 N–H and O–H groups in total. The summed E-state index contributed by atoms with van der Waals surface area (Å²) in [5, 5.41) is 84.5. The largest absolute Gasteiger partial charge is 1.00 e. The van der Waals surface area contributed by atoms with Crippen molar-refractivity contribution in [3.8, 4) is 0 Å². The van der Waals surface area contributed by atoms with Gasteiger partial charge in [0.25, 0.3) is 0 Å². The minimum atomic E-state index is -4.97. The molecule has 2 heterocycles. The summed E-state index contributed by atoms with van der Waals surface area (Å²) < 4.78 is 62.6. The van der Waals surface area contributed by atoms with Gasteiger partial charge >= 0.3 is 35.5 Å². The summed E-state index contributed by atoms with van der Waals surface area (Å²) in [6.07, 6.45) is -9.09. The van der Waals surface area contributed by atoms with E-state index in [0.717, 1.165) is 19.3 Å². The van der Waals surface area contributed by atoms with Gasteiger partial charge in [-0.15, -0.1) is 0 Å². The number of esters is 1. The maximum absolute atomic E-state index is 14.9. The smallest absolute Gasteiger partial charge is 0.726 e. The maximum Gasteiger partial charge on any atom is 1.00 e. The molecule has 0 bridgehead atoms. The van der Waals surface area contributed by atoms with Crippen molar-refractivity contribution in [2.75, 3.05) is 19.8 Å². The van der Waals surface area contributed by atoms with E-state index in [9.17, 15) is 58.6 Å². The van der Waals surface area contributed by atoms with E-state index < -0.39 is 108 Å². The van der Waals surface area contributed by atoms with Crippen LogP contribution < -0.4 is 29.6 Å². The fourth-order valence-electron chi connectivity index (χ4n) is 13.8. The molecule has 0 aromatic heterocycles. The molecule has 19 heteroatoms. The quantitative estimate of drug-likeness (QED) is 0.0395. The zero-order valence-electron chi connectivity index (χ0n) is 36.5. The normalized spacial score (nSPS) is 52.3. The van der Waals surface area contributed by atoms with E-state index in [1.165, 1.54) is 5.57 Å². The van der Waals surface area contributed by atoms with Crippen molar-refractivity contribution in [2.24, 2.45) is 56.7 Å². The van der Waals surface area contributed by atoms with E-state index in [-0.39, 0.29) is 82.0 Å². The molecule has 2 aliphatic heterocycles. The fraction of sp³-hybridized carbons (Fsp3) is 0.929.